The first kappa shape index (κ1) is 16.0. The van der Waals surface area contributed by atoms with Crippen LogP contribution in [0.4, 0.5) is 0 Å². The average molecular weight is 322 g/mol. The smallest absolute Gasteiger partial charge is 0.308 e. The fourth-order valence-electron chi connectivity index (χ4n) is 3.11. The largest absolute Gasteiger partial charge is 0.425 e. The molecule has 4 heteroatoms. The van der Waals surface area contributed by atoms with Crippen LogP contribution in [0.1, 0.15) is 25.0 Å². The molecule has 0 atom stereocenters. The van der Waals surface area contributed by atoms with Crippen molar-refractivity contribution < 1.29 is 19.1 Å². The van der Waals surface area contributed by atoms with Crippen molar-refractivity contribution in [1.29, 1.82) is 0 Å². The lowest BCUT2D eigenvalue weighted by atomic mass is 9.95. The molecule has 0 amide bonds. The van der Waals surface area contributed by atoms with E-state index in [2.05, 4.69) is 0 Å². The van der Waals surface area contributed by atoms with Gasteiger partial charge in [0.05, 0.1) is 0 Å². The molecule has 24 heavy (non-hydrogen) atoms. The Hall–Kier alpha value is -2.88. The summed E-state index contributed by atoms with van der Waals surface area (Å²) >= 11 is 0. The summed E-state index contributed by atoms with van der Waals surface area (Å²) < 4.78 is 11.1. The summed E-state index contributed by atoms with van der Waals surface area (Å²) in [5, 5.41) is 3.02. The van der Waals surface area contributed by atoms with Gasteiger partial charge in [0, 0.05) is 35.4 Å². The molecule has 0 N–H and O–H groups in total. The summed E-state index contributed by atoms with van der Waals surface area (Å²) in [6.07, 6.45) is 0. The lowest BCUT2D eigenvalue weighted by Gasteiger charge is -2.17. The highest BCUT2D eigenvalue weighted by atomic mass is 16.5. The fraction of sp³-hybridized carbons (Fsp3) is 0.200. The Kier molecular flexibility index (Phi) is 3.97. The zero-order valence-electron chi connectivity index (χ0n) is 14.1. The van der Waals surface area contributed by atoms with Crippen LogP contribution in [0.5, 0.6) is 11.5 Å². The molecule has 0 unspecified atom stereocenters. The SMILES string of the molecule is CC(=O)Oc1c2ccccc2c(OC(C)=O)c2c(C)cc(C)cc12. The number of rotatable bonds is 2. The van der Waals surface area contributed by atoms with Crippen LogP contribution in [0.3, 0.4) is 0 Å². The van der Waals surface area contributed by atoms with Crippen LogP contribution >= 0.6 is 0 Å². The Morgan fingerprint density at radius 2 is 1.33 bits per heavy atom. The van der Waals surface area contributed by atoms with Crippen LogP contribution in [-0.4, -0.2) is 11.9 Å². The molecule has 0 saturated carbocycles. The first-order valence-electron chi connectivity index (χ1n) is 7.71. The van der Waals surface area contributed by atoms with E-state index in [1.807, 2.05) is 50.2 Å². The van der Waals surface area contributed by atoms with Crippen LogP contribution in [0.2, 0.25) is 0 Å². The third-order valence-corrected chi connectivity index (χ3v) is 3.86. The van der Waals surface area contributed by atoms with Gasteiger partial charge in [-0.05, 0) is 25.5 Å². The van der Waals surface area contributed by atoms with Crippen molar-refractivity contribution in [3.05, 3.63) is 47.5 Å². The number of esters is 2. The molecule has 3 rings (SSSR count). The first-order chi connectivity index (χ1) is 11.4. The highest BCUT2D eigenvalue weighted by molar-refractivity contribution is 6.13. The number of benzene rings is 3. The van der Waals surface area contributed by atoms with Crippen molar-refractivity contribution in [2.24, 2.45) is 0 Å². The van der Waals surface area contributed by atoms with Crippen LogP contribution in [-0.2, 0) is 9.59 Å². The van der Waals surface area contributed by atoms with E-state index in [1.165, 1.54) is 13.8 Å². The van der Waals surface area contributed by atoms with Crippen molar-refractivity contribution >= 4 is 33.5 Å². The van der Waals surface area contributed by atoms with Gasteiger partial charge < -0.3 is 9.47 Å². The van der Waals surface area contributed by atoms with Gasteiger partial charge in [0.25, 0.3) is 0 Å². The molecule has 0 spiro atoms. The number of carbonyl (C=O) groups excluding carboxylic acids is 2. The van der Waals surface area contributed by atoms with E-state index >= 15 is 0 Å². The normalized spacial score (nSPS) is 10.8. The van der Waals surface area contributed by atoms with E-state index in [0.717, 1.165) is 32.7 Å². The number of hydrogen-bond acceptors (Lipinski definition) is 4. The molecule has 122 valence electrons. The Bertz CT molecular complexity index is 986. The van der Waals surface area contributed by atoms with E-state index in [1.54, 1.807) is 0 Å². The Morgan fingerprint density at radius 3 is 1.92 bits per heavy atom. The number of aryl methyl sites for hydroxylation is 2. The predicted molar refractivity (Wildman–Crippen MR) is 93.5 cm³/mol. The summed E-state index contributed by atoms with van der Waals surface area (Å²) in [7, 11) is 0. The molecule has 0 bridgehead atoms. The lowest BCUT2D eigenvalue weighted by Crippen LogP contribution is -2.06. The number of carbonyl (C=O) groups is 2. The van der Waals surface area contributed by atoms with Crippen molar-refractivity contribution in [2.45, 2.75) is 27.7 Å². The van der Waals surface area contributed by atoms with E-state index in [4.69, 9.17) is 9.47 Å². The van der Waals surface area contributed by atoms with Gasteiger partial charge in [-0.2, -0.15) is 0 Å². The quantitative estimate of drug-likeness (QED) is 0.397. The summed E-state index contributed by atoms with van der Waals surface area (Å²) in [6, 6.07) is 11.4. The van der Waals surface area contributed by atoms with E-state index in [-0.39, 0.29) is 11.9 Å². The topological polar surface area (TPSA) is 52.6 Å². The highest BCUT2D eigenvalue weighted by Crippen LogP contribution is 2.44. The molecule has 0 aliphatic heterocycles. The van der Waals surface area contributed by atoms with E-state index in [0.29, 0.717) is 11.5 Å². The van der Waals surface area contributed by atoms with Gasteiger partial charge in [-0.1, -0.05) is 35.9 Å². The Labute approximate surface area is 140 Å². The van der Waals surface area contributed by atoms with Crippen LogP contribution in [0.15, 0.2) is 36.4 Å². The molecule has 0 aliphatic carbocycles. The molecule has 4 nitrogen and oxygen atoms in total. The van der Waals surface area contributed by atoms with Gasteiger partial charge in [-0.15, -0.1) is 0 Å². The van der Waals surface area contributed by atoms with Gasteiger partial charge in [0.2, 0.25) is 0 Å². The van der Waals surface area contributed by atoms with Crippen molar-refractivity contribution in [2.75, 3.05) is 0 Å². The summed E-state index contributed by atoms with van der Waals surface area (Å²) in [4.78, 5) is 23.3. The molecule has 0 aromatic heterocycles. The molecule has 0 radical (unpaired) electrons. The monoisotopic (exact) mass is 322 g/mol. The van der Waals surface area contributed by atoms with E-state index in [9.17, 15) is 9.59 Å². The lowest BCUT2D eigenvalue weighted by molar-refractivity contribution is -0.132. The predicted octanol–water partition coefficient (Wildman–Crippen LogP) is 4.46. The number of ether oxygens (including phenoxy) is 2. The van der Waals surface area contributed by atoms with Gasteiger partial charge in [-0.3, -0.25) is 9.59 Å². The molecule has 3 aromatic carbocycles. The second-order valence-corrected chi connectivity index (χ2v) is 5.90. The van der Waals surface area contributed by atoms with Crippen LogP contribution < -0.4 is 9.47 Å². The molecule has 0 heterocycles. The maximum Gasteiger partial charge on any atom is 0.308 e. The second-order valence-electron chi connectivity index (χ2n) is 5.90. The van der Waals surface area contributed by atoms with Crippen LogP contribution in [0, 0.1) is 13.8 Å². The molecule has 3 aromatic rings. The molecular weight excluding hydrogens is 304 g/mol. The van der Waals surface area contributed by atoms with Crippen LogP contribution in [0.25, 0.3) is 21.5 Å². The van der Waals surface area contributed by atoms with Gasteiger partial charge in [0.1, 0.15) is 11.5 Å². The standard InChI is InChI=1S/C20H18O4/c1-11-9-12(2)18-17(10-11)19(23-13(3)21)15-7-5-6-8-16(15)20(18)24-14(4)22/h5-10H,1-4H3. The van der Waals surface area contributed by atoms with E-state index < -0.39 is 0 Å². The third kappa shape index (κ3) is 2.71. The molecule has 0 saturated heterocycles. The summed E-state index contributed by atoms with van der Waals surface area (Å²) in [5.74, 6) is 0.222. The molecule has 0 fully saturated rings. The van der Waals surface area contributed by atoms with Crippen molar-refractivity contribution in [3.8, 4) is 11.5 Å². The maximum atomic E-state index is 11.6. The second kappa shape index (κ2) is 5.96. The number of fused-ring (bicyclic) bond motifs is 2. The zero-order chi connectivity index (χ0) is 17.4. The zero-order valence-corrected chi connectivity index (χ0v) is 14.1. The van der Waals surface area contributed by atoms with Gasteiger partial charge in [-0.25, -0.2) is 0 Å². The summed E-state index contributed by atoms with van der Waals surface area (Å²) in [6.45, 7) is 6.69. The Morgan fingerprint density at radius 1 is 0.792 bits per heavy atom. The minimum absolute atomic E-state index is 0.387. The third-order valence-electron chi connectivity index (χ3n) is 3.86. The van der Waals surface area contributed by atoms with Crippen molar-refractivity contribution in [1.82, 2.24) is 0 Å². The fourth-order valence-corrected chi connectivity index (χ4v) is 3.11. The number of hydrogen-bond donors (Lipinski definition) is 0. The maximum absolute atomic E-state index is 11.6. The Balaban J connectivity index is 2.56. The minimum atomic E-state index is -0.388. The highest BCUT2D eigenvalue weighted by Gasteiger charge is 2.20. The molecule has 0 aliphatic rings. The van der Waals surface area contributed by atoms with Crippen molar-refractivity contribution in [3.63, 3.8) is 0 Å². The average Bonchev–Trinajstić information content (AvgIpc) is 2.49. The summed E-state index contributed by atoms with van der Waals surface area (Å²) in [5.41, 5.74) is 2.00. The van der Waals surface area contributed by atoms with Gasteiger partial charge in [0.15, 0.2) is 0 Å². The minimum Gasteiger partial charge on any atom is -0.425 e. The van der Waals surface area contributed by atoms with Gasteiger partial charge >= 0.3 is 11.9 Å². The molecular formula is C20H18O4. The first-order valence-corrected chi connectivity index (χ1v) is 7.71.